The zero-order valence-corrected chi connectivity index (χ0v) is 11.7. The van der Waals surface area contributed by atoms with Gasteiger partial charge in [0.2, 0.25) is 0 Å². The minimum atomic E-state index is -0.637. The molecule has 6 nitrogen and oxygen atoms in total. The molecule has 0 heterocycles. The Morgan fingerprint density at radius 3 is 2.45 bits per heavy atom. The highest BCUT2D eigenvalue weighted by Gasteiger charge is 2.24. The summed E-state index contributed by atoms with van der Waals surface area (Å²) in [6.45, 7) is 0. The van der Waals surface area contributed by atoms with Crippen molar-refractivity contribution in [1.29, 1.82) is 0 Å². The smallest absolute Gasteiger partial charge is 0.309 e. The fraction of sp³-hybridized carbons (Fsp3) is 0.429. The quantitative estimate of drug-likeness (QED) is 0.792. The number of aromatic hydroxyl groups is 1. The molecule has 0 radical (unpaired) electrons. The first kappa shape index (κ1) is 15.8. The normalized spacial score (nSPS) is 11.6. The SMILES string of the molecule is COC(=O)CC(Cc1ccc(O)c(OC)c1)C(=O)OC. The highest BCUT2D eigenvalue weighted by atomic mass is 16.5. The van der Waals surface area contributed by atoms with Gasteiger partial charge in [-0.1, -0.05) is 6.07 Å². The summed E-state index contributed by atoms with van der Waals surface area (Å²) in [5.41, 5.74) is 0.749. The fourth-order valence-corrected chi connectivity index (χ4v) is 1.82. The van der Waals surface area contributed by atoms with Crippen molar-refractivity contribution in [3.63, 3.8) is 0 Å². The number of hydrogen-bond donors (Lipinski definition) is 1. The summed E-state index contributed by atoms with van der Waals surface area (Å²) >= 11 is 0. The average Bonchev–Trinajstić information content (AvgIpc) is 2.47. The maximum atomic E-state index is 11.7. The van der Waals surface area contributed by atoms with Crippen LogP contribution in [0.15, 0.2) is 18.2 Å². The number of ether oxygens (including phenoxy) is 3. The summed E-state index contributed by atoms with van der Waals surface area (Å²) in [6.07, 6.45) is 0.227. The summed E-state index contributed by atoms with van der Waals surface area (Å²) in [5.74, 6) is -1.28. The van der Waals surface area contributed by atoms with E-state index < -0.39 is 17.9 Å². The number of phenolic OH excluding ortho intramolecular Hbond substituents is 1. The van der Waals surface area contributed by atoms with Crippen molar-refractivity contribution in [2.75, 3.05) is 21.3 Å². The lowest BCUT2D eigenvalue weighted by molar-refractivity contribution is -0.151. The van der Waals surface area contributed by atoms with Gasteiger partial charge in [0.1, 0.15) is 0 Å². The molecule has 0 spiro atoms. The molecular weight excluding hydrogens is 264 g/mol. The van der Waals surface area contributed by atoms with Crippen LogP contribution in [0.1, 0.15) is 12.0 Å². The second-order valence-corrected chi connectivity index (χ2v) is 4.21. The van der Waals surface area contributed by atoms with Crippen LogP contribution in [0.3, 0.4) is 0 Å². The van der Waals surface area contributed by atoms with Crippen LogP contribution in [-0.4, -0.2) is 38.4 Å². The Kier molecular flexibility index (Phi) is 5.83. The molecule has 1 aromatic rings. The van der Waals surface area contributed by atoms with Crippen molar-refractivity contribution in [2.24, 2.45) is 5.92 Å². The molecule has 0 amide bonds. The maximum absolute atomic E-state index is 11.7. The van der Waals surface area contributed by atoms with Crippen molar-refractivity contribution in [3.8, 4) is 11.5 Å². The van der Waals surface area contributed by atoms with E-state index in [1.54, 1.807) is 12.1 Å². The summed E-state index contributed by atoms with van der Waals surface area (Å²) in [7, 11) is 3.97. The van der Waals surface area contributed by atoms with E-state index in [1.165, 1.54) is 27.4 Å². The second-order valence-electron chi connectivity index (χ2n) is 4.21. The van der Waals surface area contributed by atoms with Gasteiger partial charge in [-0.25, -0.2) is 0 Å². The van der Waals surface area contributed by atoms with Crippen LogP contribution in [-0.2, 0) is 25.5 Å². The van der Waals surface area contributed by atoms with Crippen molar-refractivity contribution in [3.05, 3.63) is 23.8 Å². The fourth-order valence-electron chi connectivity index (χ4n) is 1.82. The van der Waals surface area contributed by atoms with Crippen LogP contribution in [0, 0.1) is 5.92 Å². The number of hydrogen-bond acceptors (Lipinski definition) is 6. The van der Waals surface area contributed by atoms with Gasteiger partial charge in [-0.05, 0) is 24.1 Å². The molecule has 0 aliphatic rings. The van der Waals surface area contributed by atoms with Gasteiger partial charge in [0.15, 0.2) is 11.5 Å². The summed E-state index contributed by atoms with van der Waals surface area (Å²) in [4.78, 5) is 23.0. The van der Waals surface area contributed by atoms with Gasteiger partial charge in [-0.2, -0.15) is 0 Å². The van der Waals surface area contributed by atoms with E-state index in [-0.39, 0.29) is 12.2 Å². The third-order valence-corrected chi connectivity index (χ3v) is 2.90. The van der Waals surface area contributed by atoms with E-state index in [0.717, 1.165) is 5.56 Å². The van der Waals surface area contributed by atoms with Gasteiger partial charge in [-0.15, -0.1) is 0 Å². The van der Waals surface area contributed by atoms with Crippen molar-refractivity contribution >= 4 is 11.9 Å². The Balaban J connectivity index is 2.88. The van der Waals surface area contributed by atoms with E-state index in [2.05, 4.69) is 9.47 Å². The second kappa shape index (κ2) is 7.37. The number of esters is 2. The van der Waals surface area contributed by atoms with Crippen LogP contribution in [0.25, 0.3) is 0 Å². The van der Waals surface area contributed by atoms with Crippen molar-refractivity contribution in [1.82, 2.24) is 0 Å². The van der Waals surface area contributed by atoms with E-state index in [1.807, 2.05) is 0 Å². The molecular formula is C14H18O6. The maximum Gasteiger partial charge on any atom is 0.309 e. The first-order chi connectivity index (χ1) is 9.51. The van der Waals surface area contributed by atoms with Crippen LogP contribution in [0.4, 0.5) is 0 Å². The number of phenols is 1. The van der Waals surface area contributed by atoms with E-state index in [4.69, 9.17) is 4.74 Å². The molecule has 0 aromatic heterocycles. The molecule has 1 rings (SSSR count). The van der Waals surface area contributed by atoms with E-state index in [9.17, 15) is 14.7 Å². The number of benzene rings is 1. The van der Waals surface area contributed by atoms with Crippen LogP contribution >= 0.6 is 0 Å². The lowest BCUT2D eigenvalue weighted by atomic mass is 9.96. The molecule has 20 heavy (non-hydrogen) atoms. The highest BCUT2D eigenvalue weighted by Crippen LogP contribution is 2.28. The number of carbonyl (C=O) groups is 2. The Hall–Kier alpha value is -2.24. The van der Waals surface area contributed by atoms with Crippen molar-refractivity contribution in [2.45, 2.75) is 12.8 Å². The largest absolute Gasteiger partial charge is 0.504 e. The molecule has 1 N–H and O–H groups in total. The Bertz CT molecular complexity index is 483. The molecule has 6 heteroatoms. The van der Waals surface area contributed by atoms with E-state index >= 15 is 0 Å². The lowest BCUT2D eigenvalue weighted by Crippen LogP contribution is -2.22. The third-order valence-electron chi connectivity index (χ3n) is 2.90. The average molecular weight is 282 g/mol. The Morgan fingerprint density at radius 2 is 1.90 bits per heavy atom. The van der Waals surface area contributed by atoms with Gasteiger partial charge in [0.05, 0.1) is 33.7 Å². The van der Waals surface area contributed by atoms with Crippen LogP contribution < -0.4 is 4.74 Å². The summed E-state index contributed by atoms with van der Waals surface area (Å²) in [5, 5.41) is 9.52. The molecule has 0 saturated carbocycles. The van der Waals surface area contributed by atoms with E-state index in [0.29, 0.717) is 12.2 Å². The minimum absolute atomic E-state index is 0.0128. The van der Waals surface area contributed by atoms with Gasteiger partial charge >= 0.3 is 11.9 Å². The summed E-state index contributed by atoms with van der Waals surface area (Å²) in [6, 6.07) is 4.74. The first-order valence-electron chi connectivity index (χ1n) is 6.02. The van der Waals surface area contributed by atoms with Gasteiger partial charge in [0.25, 0.3) is 0 Å². The molecule has 0 saturated heterocycles. The highest BCUT2D eigenvalue weighted by molar-refractivity contribution is 5.80. The third kappa shape index (κ3) is 4.15. The van der Waals surface area contributed by atoms with Crippen LogP contribution in [0.2, 0.25) is 0 Å². The molecule has 1 aromatic carbocycles. The monoisotopic (exact) mass is 282 g/mol. The molecule has 0 aliphatic heterocycles. The zero-order valence-electron chi connectivity index (χ0n) is 11.7. The standard InChI is InChI=1S/C14H18O6/c1-18-12-7-9(4-5-11(12)15)6-10(14(17)20-3)8-13(16)19-2/h4-5,7,10,15H,6,8H2,1-3H3. The van der Waals surface area contributed by atoms with Gasteiger partial charge < -0.3 is 19.3 Å². The zero-order chi connectivity index (χ0) is 15.1. The number of carbonyl (C=O) groups excluding carboxylic acids is 2. The van der Waals surface area contributed by atoms with Gasteiger partial charge in [-0.3, -0.25) is 9.59 Å². The topological polar surface area (TPSA) is 82.1 Å². The van der Waals surface area contributed by atoms with Gasteiger partial charge in [0, 0.05) is 0 Å². The lowest BCUT2D eigenvalue weighted by Gasteiger charge is -2.14. The van der Waals surface area contributed by atoms with Crippen LogP contribution in [0.5, 0.6) is 11.5 Å². The molecule has 0 aliphatic carbocycles. The molecule has 1 unspecified atom stereocenters. The minimum Gasteiger partial charge on any atom is -0.504 e. The first-order valence-corrected chi connectivity index (χ1v) is 6.02. The number of rotatable bonds is 6. The predicted octanol–water partition coefficient (Wildman–Crippen LogP) is 1.30. The molecule has 110 valence electrons. The predicted molar refractivity (Wildman–Crippen MR) is 70.5 cm³/mol. The number of methoxy groups -OCH3 is 3. The molecule has 0 fully saturated rings. The molecule has 1 atom stereocenters. The van der Waals surface area contributed by atoms with Crippen molar-refractivity contribution < 1.29 is 28.9 Å². The Morgan fingerprint density at radius 1 is 1.20 bits per heavy atom. The Labute approximate surface area is 117 Å². The molecule has 0 bridgehead atoms. The summed E-state index contributed by atoms with van der Waals surface area (Å²) < 4.78 is 14.2.